The molecule has 0 saturated carbocycles. The van der Waals surface area contributed by atoms with Gasteiger partial charge in [0.1, 0.15) is 15.9 Å². The molecule has 0 spiro atoms. The van der Waals surface area contributed by atoms with Crippen molar-refractivity contribution >= 4 is 31.6 Å². The molecule has 0 bridgehead atoms. The van der Waals surface area contributed by atoms with Crippen LogP contribution in [0, 0.1) is 20.2 Å². The molecular weight excluding hydrogens is 424 g/mol. The van der Waals surface area contributed by atoms with Crippen LogP contribution in [0.5, 0.6) is 11.5 Å². The SMILES string of the molecule is O=[N+]([O-])c1ccc2c(c1)Oc1c([N+](=O)[O-])ccc(S(=O)(=O)O)c1C2S(=O)(=O)O. The van der Waals surface area contributed by atoms with E-state index in [1.165, 1.54) is 0 Å². The third kappa shape index (κ3) is 3.15. The lowest BCUT2D eigenvalue weighted by atomic mass is 9.98. The monoisotopic (exact) mass is 432 g/mol. The Hall–Kier alpha value is -3.14. The standard InChI is InChI=1S/C13H8N2O11S2/c16-14(17)6-1-2-7-9(5-6)26-12-8(15(18)19)3-4-10(27(20,21)22)11(12)13(7)28(23,24)25/h1-5,13H,(H,20,21,22)(H,23,24,25). The van der Waals surface area contributed by atoms with Gasteiger partial charge in [0.05, 0.1) is 15.9 Å². The highest BCUT2D eigenvalue weighted by Crippen LogP contribution is 2.52. The first-order valence-corrected chi connectivity index (χ1v) is 9.98. The Labute approximate surface area is 156 Å². The molecule has 1 unspecified atom stereocenters. The van der Waals surface area contributed by atoms with Crippen LogP contribution in [0.3, 0.4) is 0 Å². The Morgan fingerprint density at radius 1 is 0.964 bits per heavy atom. The molecule has 1 aliphatic rings. The Morgan fingerprint density at radius 2 is 1.61 bits per heavy atom. The van der Waals surface area contributed by atoms with E-state index in [9.17, 15) is 46.2 Å². The average molecular weight is 432 g/mol. The van der Waals surface area contributed by atoms with Crippen LogP contribution in [-0.2, 0) is 20.2 Å². The summed E-state index contributed by atoms with van der Waals surface area (Å²) in [5, 5.41) is 20.0. The highest BCUT2D eigenvalue weighted by Gasteiger charge is 2.44. The summed E-state index contributed by atoms with van der Waals surface area (Å²) in [6.07, 6.45) is 0. The summed E-state index contributed by atoms with van der Waals surface area (Å²) in [5.41, 5.74) is -2.73. The third-order valence-electron chi connectivity index (χ3n) is 3.87. The number of ether oxygens (including phenoxy) is 1. The molecule has 0 radical (unpaired) electrons. The highest BCUT2D eigenvalue weighted by atomic mass is 32.2. The molecule has 2 N–H and O–H groups in total. The fourth-order valence-corrected chi connectivity index (χ4v) is 4.66. The van der Waals surface area contributed by atoms with Crippen LogP contribution in [0.1, 0.15) is 16.4 Å². The number of nitro groups is 2. The number of fused-ring (bicyclic) bond motifs is 2. The van der Waals surface area contributed by atoms with Crippen molar-refractivity contribution in [2.24, 2.45) is 0 Å². The van der Waals surface area contributed by atoms with Gasteiger partial charge in [0.2, 0.25) is 5.75 Å². The zero-order valence-corrected chi connectivity index (χ0v) is 14.9. The van der Waals surface area contributed by atoms with Gasteiger partial charge in [-0.15, -0.1) is 0 Å². The van der Waals surface area contributed by atoms with Crippen molar-refractivity contribution in [3.63, 3.8) is 0 Å². The number of benzene rings is 2. The molecule has 0 aromatic heterocycles. The maximum absolute atomic E-state index is 12.0. The van der Waals surface area contributed by atoms with E-state index in [0.717, 1.165) is 18.2 Å². The second-order valence-electron chi connectivity index (χ2n) is 5.53. The molecule has 1 atom stereocenters. The minimum Gasteiger partial charge on any atom is -0.449 e. The highest BCUT2D eigenvalue weighted by molar-refractivity contribution is 7.87. The summed E-state index contributed by atoms with van der Waals surface area (Å²) in [7, 11) is -10.2. The van der Waals surface area contributed by atoms with E-state index in [4.69, 9.17) is 4.74 Å². The van der Waals surface area contributed by atoms with Crippen molar-refractivity contribution in [3.05, 3.63) is 61.7 Å². The molecule has 15 heteroatoms. The minimum atomic E-state index is -5.16. The van der Waals surface area contributed by atoms with Crippen LogP contribution in [0.4, 0.5) is 11.4 Å². The van der Waals surface area contributed by atoms with E-state index in [0.29, 0.717) is 12.1 Å². The predicted molar refractivity (Wildman–Crippen MR) is 89.5 cm³/mol. The molecule has 0 amide bonds. The molecule has 0 fully saturated rings. The largest absolute Gasteiger partial charge is 0.449 e. The van der Waals surface area contributed by atoms with Crippen LogP contribution in [0.15, 0.2) is 35.2 Å². The normalized spacial score (nSPS) is 15.9. The van der Waals surface area contributed by atoms with E-state index in [1.54, 1.807) is 0 Å². The van der Waals surface area contributed by atoms with Crippen molar-refractivity contribution < 1.29 is 40.5 Å². The summed E-state index contributed by atoms with van der Waals surface area (Å²) in [6, 6.07) is 3.76. The van der Waals surface area contributed by atoms with E-state index in [2.05, 4.69) is 0 Å². The van der Waals surface area contributed by atoms with Crippen LogP contribution in [-0.4, -0.2) is 35.8 Å². The van der Waals surface area contributed by atoms with Crippen LogP contribution >= 0.6 is 0 Å². The van der Waals surface area contributed by atoms with Crippen molar-refractivity contribution in [1.29, 1.82) is 0 Å². The van der Waals surface area contributed by atoms with E-state index >= 15 is 0 Å². The second kappa shape index (κ2) is 6.20. The topological polar surface area (TPSA) is 204 Å². The van der Waals surface area contributed by atoms with E-state index in [-0.39, 0.29) is 0 Å². The van der Waals surface area contributed by atoms with Gasteiger partial charge < -0.3 is 4.74 Å². The van der Waals surface area contributed by atoms with Crippen molar-refractivity contribution in [3.8, 4) is 11.5 Å². The summed E-state index contributed by atoms with van der Waals surface area (Å²) >= 11 is 0. The molecule has 28 heavy (non-hydrogen) atoms. The fourth-order valence-electron chi connectivity index (χ4n) is 2.81. The van der Waals surface area contributed by atoms with Crippen molar-refractivity contribution in [1.82, 2.24) is 0 Å². The second-order valence-corrected chi connectivity index (χ2v) is 8.43. The first-order valence-electron chi connectivity index (χ1n) is 7.03. The van der Waals surface area contributed by atoms with E-state index in [1.807, 2.05) is 0 Å². The van der Waals surface area contributed by atoms with Crippen LogP contribution in [0.2, 0.25) is 0 Å². The van der Waals surface area contributed by atoms with E-state index < -0.39 is 74.2 Å². The fraction of sp³-hybridized carbons (Fsp3) is 0.0769. The summed E-state index contributed by atoms with van der Waals surface area (Å²) < 4.78 is 71.7. The first kappa shape index (κ1) is 19.6. The Balaban J connectivity index is 2.48. The molecule has 13 nitrogen and oxygen atoms in total. The van der Waals surface area contributed by atoms with Gasteiger partial charge in [-0.3, -0.25) is 29.3 Å². The molecule has 1 heterocycles. The van der Waals surface area contributed by atoms with Gasteiger partial charge in [-0.2, -0.15) is 16.8 Å². The molecule has 2 aromatic carbocycles. The molecule has 1 aliphatic heterocycles. The molecule has 2 aromatic rings. The number of nitrogens with zero attached hydrogens (tertiary/aromatic N) is 2. The Morgan fingerprint density at radius 3 is 2.11 bits per heavy atom. The molecular formula is C13H8N2O11S2. The maximum atomic E-state index is 12.0. The van der Waals surface area contributed by atoms with Gasteiger partial charge in [0, 0.05) is 23.3 Å². The summed E-state index contributed by atoms with van der Waals surface area (Å²) in [6.45, 7) is 0. The number of non-ortho nitro benzene ring substituents is 1. The quantitative estimate of drug-likeness (QED) is 0.405. The van der Waals surface area contributed by atoms with Gasteiger partial charge in [-0.25, -0.2) is 0 Å². The Kier molecular flexibility index (Phi) is 4.34. The lowest BCUT2D eigenvalue weighted by Gasteiger charge is -2.27. The Bertz CT molecular complexity index is 1250. The molecule has 0 aliphatic carbocycles. The number of rotatable bonds is 4. The van der Waals surface area contributed by atoms with Gasteiger partial charge in [0.25, 0.3) is 25.9 Å². The van der Waals surface area contributed by atoms with Gasteiger partial charge in [-0.1, -0.05) is 0 Å². The first-order chi connectivity index (χ1) is 12.8. The number of hydrogen-bond acceptors (Lipinski definition) is 9. The van der Waals surface area contributed by atoms with Gasteiger partial charge >= 0.3 is 5.69 Å². The maximum Gasteiger partial charge on any atom is 0.312 e. The minimum absolute atomic E-state index is 0.411. The predicted octanol–water partition coefficient (Wildman–Crippen LogP) is 1.83. The zero-order chi connectivity index (χ0) is 21.0. The van der Waals surface area contributed by atoms with Gasteiger partial charge in [0.15, 0.2) is 0 Å². The third-order valence-corrected chi connectivity index (χ3v) is 5.87. The summed E-state index contributed by atoms with van der Waals surface area (Å²) in [4.78, 5) is 19.3. The lowest BCUT2D eigenvalue weighted by Crippen LogP contribution is -2.22. The van der Waals surface area contributed by atoms with Crippen LogP contribution < -0.4 is 4.74 Å². The van der Waals surface area contributed by atoms with Crippen LogP contribution in [0.25, 0.3) is 0 Å². The zero-order valence-electron chi connectivity index (χ0n) is 13.2. The lowest BCUT2D eigenvalue weighted by molar-refractivity contribution is -0.386. The van der Waals surface area contributed by atoms with Gasteiger partial charge in [-0.05, 0) is 12.1 Å². The summed E-state index contributed by atoms with van der Waals surface area (Å²) in [5.74, 6) is -1.41. The number of hydrogen-bond donors (Lipinski definition) is 2. The van der Waals surface area contributed by atoms with Crippen molar-refractivity contribution in [2.45, 2.75) is 10.1 Å². The average Bonchev–Trinajstić information content (AvgIpc) is 2.55. The smallest absolute Gasteiger partial charge is 0.312 e. The van der Waals surface area contributed by atoms with Crippen molar-refractivity contribution in [2.75, 3.05) is 0 Å². The molecule has 0 saturated heterocycles. The molecule has 3 rings (SSSR count). The number of nitro benzene ring substituents is 2. The molecule has 148 valence electrons.